The topological polar surface area (TPSA) is 57.5 Å². The highest BCUT2D eigenvalue weighted by Gasteiger charge is 2.19. The number of nitrogens with zero attached hydrogens (tertiary/aromatic N) is 2. The van der Waals surface area contributed by atoms with Crippen LogP contribution < -0.4 is 14.8 Å². The Labute approximate surface area is 136 Å². The Bertz CT molecular complexity index is 619. The van der Waals surface area contributed by atoms with Crippen LogP contribution in [0.5, 0.6) is 11.5 Å². The van der Waals surface area contributed by atoms with Crippen LogP contribution in [0.1, 0.15) is 17.5 Å². The SMILES string of the molecule is COc1ccc(OCCc2cc([C@H]3CNCCO3)nn2C)cc1. The van der Waals surface area contributed by atoms with Gasteiger partial charge < -0.3 is 19.5 Å². The van der Waals surface area contributed by atoms with Crippen molar-refractivity contribution >= 4 is 0 Å². The van der Waals surface area contributed by atoms with E-state index < -0.39 is 0 Å². The zero-order valence-corrected chi connectivity index (χ0v) is 13.6. The van der Waals surface area contributed by atoms with Crippen molar-refractivity contribution in [2.45, 2.75) is 12.5 Å². The minimum atomic E-state index is 0.0474. The molecular weight excluding hydrogens is 294 g/mol. The van der Waals surface area contributed by atoms with E-state index in [2.05, 4.69) is 16.5 Å². The van der Waals surface area contributed by atoms with Crippen LogP contribution in [0.15, 0.2) is 30.3 Å². The molecule has 0 aliphatic carbocycles. The molecule has 0 bridgehead atoms. The summed E-state index contributed by atoms with van der Waals surface area (Å²) in [5.41, 5.74) is 2.13. The average Bonchev–Trinajstić information content (AvgIpc) is 2.97. The zero-order chi connectivity index (χ0) is 16.1. The van der Waals surface area contributed by atoms with Gasteiger partial charge in [-0.25, -0.2) is 0 Å². The maximum absolute atomic E-state index is 5.78. The van der Waals surface area contributed by atoms with E-state index in [1.165, 1.54) is 0 Å². The number of ether oxygens (including phenoxy) is 3. The molecule has 1 aromatic heterocycles. The minimum Gasteiger partial charge on any atom is -0.497 e. The van der Waals surface area contributed by atoms with Gasteiger partial charge in [0.25, 0.3) is 0 Å². The van der Waals surface area contributed by atoms with E-state index in [9.17, 15) is 0 Å². The number of methoxy groups -OCH3 is 1. The quantitative estimate of drug-likeness (QED) is 0.879. The highest BCUT2D eigenvalue weighted by Crippen LogP contribution is 2.20. The average molecular weight is 317 g/mol. The van der Waals surface area contributed by atoms with Gasteiger partial charge in [0.05, 0.1) is 26.0 Å². The molecule has 2 heterocycles. The molecule has 1 N–H and O–H groups in total. The fraction of sp³-hybridized carbons (Fsp3) is 0.471. The zero-order valence-electron chi connectivity index (χ0n) is 13.6. The van der Waals surface area contributed by atoms with Crippen LogP contribution in [0.3, 0.4) is 0 Å². The Kier molecular flexibility index (Phi) is 5.15. The Morgan fingerprint density at radius 2 is 2.09 bits per heavy atom. The Balaban J connectivity index is 1.54. The number of benzene rings is 1. The molecule has 0 radical (unpaired) electrons. The lowest BCUT2D eigenvalue weighted by Gasteiger charge is -2.21. The maximum Gasteiger partial charge on any atom is 0.119 e. The van der Waals surface area contributed by atoms with Gasteiger partial charge in [-0.15, -0.1) is 0 Å². The predicted octanol–water partition coefficient (Wildman–Crippen LogP) is 1.71. The van der Waals surface area contributed by atoms with Crippen LogP contribution in [0.25, 0.3) is 0 Å². The van der Waals surface area contributed by atoms with Crippen LogP contribution >= 0.6 is 0 Å². The molecule has 3 rings (SSSR count). The van der Waals surface area contributed by atoms with Gasteiger partial charge in [0.2, 0.25) is 0 Å². The van der Waals surface area contributed by atoms with Gasteiger partial charge in [-0.3, -0.25) is 4.68 Å². The van der Waals surface area contributed by atoms with E-state index in [4.69, 9.17) is 14.2 Å². The molecule has 23 heavy (non-hydrogen) atoms. The maximum atomic E-state index is 5.78. The first kappa shape index (κ1) is 15.8. The molecule has 0 saturated carbocycles. The molecular formula is C17H23N3O3. The van der Waals surface area contributed by atoms with Crippen molar-refractivity contribution in [3.05, 3.63) is 41.7 Å². The predicted molar refractivity (Wildman–Crippen MR) is 87.0 cm³/mol. The van der Waals surface area contributed by atoms with Crippen molar-refractivity contribution < 1.29 is 14.2 Å². The number of nitrogens with one attached hydrogen (secondary N) is 1. The summed E-state index contributed by atoms with van der Waals surface area (Å²) in [6.07, 6.45) is 0.849. The Morgan fingerprint density at radius 1 is 1.30 bits per heavy atom. The van der Waals surface area contributed by atoms with E-state index in [0.717, 1.165) is 49.0 Å². The summed E-state index contributed by atoms with van der Waals surface area (Å²) in [5.74, 6) is 1.67. The van der Waals surface area contributed by atoms with E-state index in [0.29, 0.717) is 6.61 Å². The number of rotatable bonds is 6. The van der Waals surface area contributed by atoms with Crippen molar-refractivity contribution in [3.8, 4) is 11.5 Å². The van der Waals surface area contributed by atoms with Crippen LogP contribution in [-0.4, -0.2) is 43.2 Å². The van der Waals surface area contributed by atoms with Crippen LogP contribution in [0.4, 0.5) is 0 Å². The monoisotopic (exact) mass is 317 g/mol. The van der Waals surface area contributed by atoms with Gasteiger partial charge >= 0.3 is 0 Å². The van der Waals surface area contributed by atoms with Crippen molar-refractivity contribution in [3.63, 3.8) is 0 Å². The highest BCUT2D eigenvalue weighted by molar-refractivity contribution is 5.31. The molecule has 0 amide bonds. The van der Waals surface area contributed by atoms with E-state index >= 15 is 0 Å². The normalized spacial score (nSPS) is 17.9. The fourth-order valence-electron chi connectivity index (χ4n) is 2.62. The number of morpholine rings is 1. The van der Waals surface area contributed by atoms with Crippen molar-refractivity contribution in [2.24, 2.45) is 7.05 Å². The first-order valence-electron chi connectivity index (χ1n) is 7.88. The minimum absolute atomic E-state index is 0.0474. The summed E-state index contributed by atoms with van der Waals surface area (Å²) in [5, 5.41) is 7.89. The Morgan fingerprint density at radius 3 is 2.78 bits per heavy atom. The smallest absolute Gasteiger partial charge is 0.119 e. The molecule has 1 aliphatic rings. The number of aryl methyl sites for hydroxylation is 1. The van der Waals surface area contributed by atoms with Gasteiger partial charge in [0, 0.05) is 32.3 Å². The van der Waals surface area contributed by atoms with E-state index in [1.807, 2.05) is 36.0 Å². The second kappa shape index (κ2) is 7.48. The molecule has 0 spiro atoms. The number of aromatic nitrogens is 2. The molecule has 1 saturated heterocycles. The summed E-state index contributed by atoms with van der Waals surface area (Å²) in [4.78, 5) is 0. The third-order valence-corrected chi connectivity index (χ3v) is 3.94. The summed E-state index contributed by atoms with van der Waals surface area (Å²) in [7, 11) is 3.61. The fourth-order valence-corrected chi connectivity index (χ4v) is 2.62. The van der Waals surface area contributed by atoms with Crippen molar-refractivity contribution in [1.29, 1.82) is 0 Å². The molecule has 6 heteroatoms. The third-order valence-electron chi connectivity index (χ3n) is 3.94. The summed E-state index contributed by atoms with van der Waals surface area (Å²) >= 11 is 0. The largest absolute Gasteiger partial charge is 0.497 e. The van der Waals surface area contributed by atoms with E-state index in [1.54, 1.807) is 7.11 Å². The van der Waals surface area contributed by atoms with Gasteiger partial charge in [0.15, 0.2) is 0 Å². The van der Waals surface area contributed by atoms with Crippen LogP contribution in [0, 0.1) is 0 Å². The summed E-state index contributed by atoms with van der Waals surface area (Å²) in [6, 6.07) is 9.72. The lowest BCUT2D eigenvalue weighted by atomic mass is 10.2. The molecule has 6 nitrogen and oxygen atoms in total. The van der Waals surface area contributed by atoms with Crippen LogP contribution in [0.2, 0.25) is 0 Å². The molecule has 2 aromatic rings. The number of hydrogen-bond donors (Lipinski definition) is 1. The van der Waals surface area contributed by atoms with Crippen molar-refractivity contribution in [2.75, 3.05) is 33.4 Å². The van der Waals surface area contributed by atoms with Gasteiger partial charge in [-0.05, 0) is 30.3 Å². The van der Waals surface area contributed by atoms with Crippen molar-refractivity contribution in [1.82, 2.24) is 15.1 Å². The van der Waals surface area contributed by atoms with Gasteiger partial charge in [-0.2, -0.15) is 5.10 Å². The first-order valence-corrected chi connectivity index (χ1v) is 7.88. The summed E-state index contributed by atoms with van der Waals surface area (Å²) < 4.78 is 18.6. The second-order valence-electron chi connectivity index (χ2n) is 5.52. The summed E-state index contributed by atoms with van der Waals surface area (Å²) in [6.45, 7) is 3.07. The molecule has 1 aliphatic heterocycles. The standard InChI is InChI=1S/C17H23N3O3/c1-20-13(11-16(19-20)17-12-18-8-10-23-17)7-9-22-15-5-3-14(21-2)4-6-15/h3-6,11,17-18H,7-10,12H2,1-2H3/t17-/m1/s1. The molecule has 124 valence electrons. The van der Waals surface area contributed by atoms with Crippen LogP contribution in [-0.2, 0) is 18.2 Å². The third kappa shape index (κ3) is 4.03. The lowest BCUT2D eigenvalue weighted by Crippen LogP contribution is -2.33. The number of hydrogen-bond acceptors (Lipinski definition) is 5. The second-order valence-corrected chi connectivity index (χ2v) is 5.52. The van der Waals surface area contributed by atoms with E-state index in [-0.39, 0.29) is 6.10 Å². The highest BCUT2D eigenvalue weighted by atomic mass is 16.5. The van der Waals surface area contributed by atoms with Gasteiger partial charge in [0.1, 0.15) is 17.6 Å². The van der Waals surface area contributed by atoms with Gasteiger partial charge in [-0.1, -0.05) is 0 Å². The molecule has 1 fully saturated rings. The first-order chi connectivity index (χ1) is 11.3. The molecule has 1 atom stereocenters. The molecule has 1 aromatic carbocycles. The molecule has 0 unspecified atom stereocenters. The lowest BCUT2D eigenvalue weighted by molar-refractivity contribution is 0.0247. The Hall–Kier alpha value is -2.05.